The van der Waals surface area contributed by atoms with E-state index < -0.39 is 0 Å². The van der Waals surface area contributed by atoms with Gasteiger partial charge >= 0.3 is 0 Å². The highest BCUT2D eigenvalue weighted by Gasteiger charge is 2.29. The second-order valence-electron chi connectivity index (χ2n) is 8.33. The van der Waals surface area contributed by atoms with Crippen LogP contribution in [0, 0.1) is 11.3 Å². The van der Waals surface area contributed by atoms with Crippen LogP contribution < -0.4 is 9.80 Å². The van der Waals surface area contributed by atoms with Crippen molar-refractivity contribution in [1.29, 1.82) is 0 Å². The molecule has 0 spiro atoms. The number of nitrogens with zero attached hydrogens (tertiary/aromatic N) is 5. The van der Waals surface area contributed by atoms with Gasteiger partial charge in [-0.15, -0.1) is 0 Å². The van der Waals surface area contributed by atoms with Gasteiger partial charge in [-0.1, -0.05) is 19.0 Å². The predicted molar refractivity (Wildman–Crippen MR) is 100 cm³/mol. The van der Waals surface area contributed by atoms with Crippen LogP contribution in [0.25, 0.3) is 0 Å². The first kappa shape index (κ1) is 16.6. The van der Waals surface area contributed by atoms with E-state index in [1.165, 1.54) is 18.6 Å². The molecule has 3 aliphatic rings. The number of oxime groups is 1. The van der Waals surface area contributed by atoms with Crippen LogP contribution in [-0.4, -0.2) is 48.5 Å². The van der Waals surface area contributed by atoms with Crippen LogP contribution in [0.5, 0.6) is 0 Å². The van der Waals surface area contributed by atoms with E-state index >= 15 is 0 Å². The van der Waals surface area contributed by atoms with E-state index in [1.54, 1.807) is 0 Å². The summed E-state index contributed by atoms with van der Waals surface area (Å²) in [5.74, 6) is 2.53. The van der Waals surface area contributed by atoms with Gasteiger partial charge in [-0.05, 0) is 37.2 Å². The molecule has 6 heteroatoms. The van der Waals surface area contributed by atoms with Crippen molar-refractivity contribution in [3.8, 4) is 0 Å². The molecule has 6 nitrogen and oxygen atoms in total. The second kappa shape index (κ2) is 6.81. The highest BCUT2D eigenvalue weighted by atomic mass is 16.6. The SMILES string of the molecule is CC1(C)CCCN(c2ccnc(N3CCC(C4=NOCC4)CC3)n2)C1. The van der Waals surface area contributed by atoms with Gasteiger partial charge in [-0.2, -0.15) is 4.98 Å². The topological polar surface area (TPSA) is 53.9 Å². The summed E-state index contributed by atoms with van der Waals surface area (Å²) < 4.78 is 0. The molecule has 136 valence electrons. The summed E-state index contributed by atoms with van der Waals surface area (Å²) >= 11 is 0. The molecule has 1 aromatic heterocycles. The molecule has 0 atom stereocenters. The molecule has 0 radical (unpaired) electrons. The van der Waals surface area contributed by atoms with Crippen LogP contribution in [0.2, 0.25) is 0 Å². The van der Waals surface area contributed by atoms with Gasteiger partial charge in [-0.25, -0.2) is 4.98 Å². The van der Waals surface area contributed by atoms with E-state index in [-0.39, 0.29) is 0 Å². The first-order valence-electron chi connectivity index (χ1n) is 9.62. The molecule has 0 aromatic carbocycles. The highest BCUT2D eigenvalue weighted by molar-refractivity contribution is 5.87. The number of anilines is 2. The monoisotopic (exact) mass is 343 g/mol. The van der Waals surface area contributed by atoms with Gasteiger partial charge in [-0.3, -0.25) is 0 Å². The second-order valence-corrected chi connectivity index (χ2v) is 8.33. The third kappa shape index (κ3) is 3.72. The number of rotatable bonds is 3. The van der Waals surface area contributed by atoms with E-state index in [2.05, 4.69) is 39.9 Å². The molecule has 0 amide bonds. The largest absolute Gasteiger partial charge is 0.395 e. The van der Waals surface area contributed by atoms with Crippen LogP contribution >= 0.6 is 0 Å². The molecule has 25 heavy (non-hydrogen) atoms. The molecule has 0 bridgehead atoms. The maximum Gasteiger partial charge on any atom is 0.227 e. The summed E-state index contributed by atoms with van der Waals surface area (Å²) in [5, 5.41) is 4.21. The number of hydrogen-bond acceptors (Lipinski definition) is 6. The first-order chi connectivity index (χ1) is 12.1. The van der Waals surface area contributed by atoms with Gasteiger partial charge in [0.05, 0.1) is 5.71 Å². The molecule has 0 unspecified atom stereocenters. The van der Waals surface area contributed by atoms with Crippen molar-refractivity contribution in [3.63, 3.8) is 0 Å². The average Bonchev–Trinajstić information content (AvgIpc) is 3.16. The van der Waals surface area contributed by atoms with Crippen molar-refractivity contribution in [2.75, 3.05) is 42.6 Å². The highest BCUT2D eigenvalue weighted by Crippen LogP contribution is 2.31. The van der Waals surface area contributed by atoms with E-state index in [0.29, 0.717) is 11.3 Å². The molecule has 0 saturated carbocycles. The fraction of sp³-hybridized carbons (Fsp3) is 0.737. The standard InChI is InChI=1S/C19H29N5O/c1-19(2)8-3-10-24(14-19)17-4-9-20-18(21-17)23-11-5-15(6-12-23)16-7-13-25-22-16/h4,9,15H,3,5-8,10-14H2,1-2H3. The third-order valence-corrected chi connectivity index (χ3v) is 5.73. The summed E-state index contributed by atoms with van der Waals surface area (Å²) in [6, 6.07) is 2.06. The Hall–Kier alpha value is -1.85. The fourth-order valence-corrected chi connectivity index (χ4v) is 4.30. The van der Waals surface area contributed by atoms with Gasteiger partial charge in [0.1, 0.15) is 12.4 Å². The van der Waals surface area contributed by atoms with E-state index in [4.69, 9.17) is 9.82 Å². The number of aromatic nitrogens is 2. The Balaban J connectivity index is 1.42. The van der Waals surface area contributed by atoms with Gasteiger partial charge in [0, 0.05) is 44.7 Å². The zero-order valence-electron chi connectivity index (χ0n) is 15.4. The molecule has 3 aliphatic heterocycles. The lowest BCUT2D eigenvalue weighted by Gasteiger charge is -2.39. The lowest BCUT2D eigenvalue weighted by molar-refractivity contribution is 0.173. The third-order valence-electron chi connectivity index (χ3n) is 5.73. The molecule has 4 heterocycles. The Morgan fingerprint density at radius 3 is 2.72 bits per heavy atom. The quantitative estimate of drug-likeness (QED) is 0.844. The maximum absolute atomic E-state index is 5.17. The molecule has 1 aromatic rings. The van der Waals surface area contributed by atoms with Crippen LogP contribution in [0.1, 0.15) is 46.0 Å². The van der Waals surface area contributed by atoms with Crippen LogP contribution in [0.4, 0.5) is 11.8 Å². The molecule has 2 fully saturated rings. The minimum absolute atomic E-state index is 0.367. The summed E-state index contributed by atoms with van der Waals surface area (Å²) in [7, 11) is 0. The molecule has 0 aliphatic carbocycles. The minimum atomic E-state index is 0.367. The Kier molecular flexibility index (Phi) is 4.52. The summed E-state index contributed by atoms with van der Waals surface area (Å²) in [6.07, 6.45) is 7.69. The lowest BCUT2D eigenvalue weighted by Crippen LogP contribution is -2.41. The van der Waals surface area contributed by atoms with Crippen LogP contribution in [0.3, 0.4) is 0 Å². The van der Waals surface area contributed by atoms with E-state index in [9.17, 15) is 0 Å². The van der Waals surface area contributed by atoms with Gasteiger partial charge in [0.15, 0.2) is 0 Å². The van der Waals surface area contributed by atoms with Crippen molar-refractivity contribution < 1.29 is 4.84 Å². The Morgan fingerprint density at radius 1 is 1.16 bits per heavy atom. The van der Waals surface area contributed by atoms with Crippen molar-refractivity contribution in [2.45, 2.75) is 46.0 Å². The zero-order valence-corrected chi connectivity index (χ0v) is 15.4. The van der Waals surface area contributed by atoms with E-state index in [0.717, 1.165) is 63.8 Å². The normalized spacial score (nSPS) is 24.2. The average molecular weight is 343 g/mol. The van der Waals surface area contributed by atoms with Crippen molar-refractivity contribution in [1.82, 2.24) is 9.97 Å². The van der Waals surface area contributed by atoms with Crippen molar-refractivity contribution >= 4 is 17.5 Å². The minimum Gasteiger partial charge on any atom is -0.395 e. The molecule has 0 N–H and O–H groups in total. The molecule has 4 rings (SSSR count). The Bertz CT molecular complexity index is 636. The van der Waals surface area contributed by atoms with Crippen LogP contribution in [0.15, 0.2) is 17.4 Å². The molecular formula is C19H29N5O. The lowest BCUT2D eigenvalue weighted by atomic mass is 9.84. The summed E-state index contributed by atoms with van der Waals surface area (Å²) in [5.41, 5.74) is 1.62. The molecule has 2 saturated heterocycles. The van der Waals surface area contributed by atoms with E-state index in [1.807, 2.05) is 6.20 Å². The summed E-state index contributed by atoms with van der Waals surface area (Å²) in [6.45, 7) is 9.63. The number of piperidine rings is 2. The smallest absolute Gasteiger partial charge is 0.227 e. The zero-order chi connectivity index (χ0) is 17.3. The first-order valence-corrected chi connectivity index (χ1v) is 9.62. The van der Waals surface area contributed by atoms with Crippen molar-refractivity contribution in [3.05, 3.63) is 12.3 Å². The Morgan fingerprint density at radius 2 is 2.00 bits per heavy atom. The number of hydrogen-bond donors (Lipinski definition) is 0. The van der Waals surface area contributed by atoms with Crippen LogP contribution in [-0.2, 0) is 4.84 Å². The predicted octanol–water partition coefficient (Wildman–Crippen LogP) is 3.10. The van der Waals surface area contributed by atoms with Gasteiger partial charge in [0.2, 0.25) is 5.95 Å². The van der Waals surface area contributed by atoms with Gasteiger partial charge < -0.3 is 14.6 Å². The fourth-order valence-electron chi connectivity index (χ4n) is 4.30. The Labute approximate surface area is 150 Å². The molecular weight excluding hydrogens is 314 g/mol. The summed E-state index contributed by atoms with van der Waals surface area (Å²) in [4.78, 5) is 19.4. The maximum atomic E-state index is 5.17. The van der Waals surface area contributed by atoms with Gasteiger partial charge in [0.25, 0.3) is 0 Å². The van der Waals surface area contributed by atoms with Crippen molar-refractivity contribution in [2.24, 2.45) is 16.5 Å².